The predicted molar refractivity (Wildman–Crippen MR) is 115 cm³/mol. The number of hydrogen-bond donors (Lipinski definition) is 2. The molecule has 176 valence electrons. The highest BCUT2D eigenvalue weighted by molar-refractivity contribution is 5.94. The molecule has 0 radical (unpaired) electrons. The molecule has 2 aromatic rings. The SMILES string of the molecule is O=C(CN1CCN(CC(=O)Nc2ccccc2C(F)(F)F)CC1)Nc1ccccc1[N+](=O)[O-]. The number of carbonyl (C=O) groups excluding carboxylic acids is 2. The van der Waals surface area contributed by atoms with E-state index in [2.05, 4.69) is 10.6 Å². The van der Waals surface area contributed by atoms with Gasteiger partial charge in [-0.25, -0.2) is 0 Å². The largest absolute Gasteiger partial charge is 0.418 e. The van der Waals surface area contributed by atoms with Crippen molar-refractivity contribution >= 4 is 28.9 Å². The number of piperazine rings is 1. The number of rotatable bonds is 7. The average molecular weight is 465 g/mol. The third kappa shape index (κ3) is 6.73. The zero-order chi connectivity index (χ0) is 24.0. The summed E-state index contributed by atoms with van der Waals surface area (Å²) in [5.74, 6) is -0.964. The van der Waals surface area contributed by atoms with Crippen molar-refractivity contribution in [3.63, 3.8) is 0 Å². The van der Waals surface area contributed by atoms with Gasteiger partial charge < -0.3 is 10.6 Å². The van der Waals surface area contributed by atoms with E-state index in [4.69, 9.17) is 0 Å². The molecule has 0 spiro atoms. The molecule has 0 unspecified atom stereocenters. The molecule has 0 atom stereocenters. The summed E-state index contributed by atoms with van der Waals surface area (Å²) in [5, 5.41) is 15.9. The van der Waals surface area contributed by atoms with E-state index in [1.165, 1.54) is 36.4 Å². The number of nitro benzene ring substituents is 1. The van der Waals surface area contributed by atoms with Crippen LogP contribution in [0.4, 0.5) is 30.2 Å². The second-order valence-corrected chi connectivity index (χ2v) is 7.47. The molecule has 9 nitrogen and oxygen atoms in total. The van der Waals surface area contributed by atoms with E-state index >= 15 is 0 Å². The number of hydrogen-bond acceptors (Lipinski definition) is 6. The van der Waals surface area contributed by atoms with E-state index < -0.39 is 28.5 Å². The lowest BCUT2D eigenvalue weighted by atomic mass is 10.1. The fourth-order valence-corrected chi connectivity index (χ4v) is 3.47. The molecule has 1 aliphatic rings. The van der Waals surface area contributed by atoms with E-state index in [0.29, 0.717) is 26.2 Å². The van der Waals surface area contributed by atoms with Crippen LogP contribution in [0.15, 0.2) is 48.5 Å². The number of halogens is 3. The molecule has 2 N–H and O–H groups in total. The van der Waals surface area contributed by atoms with Gasteiger partial charge in [0.15, 0.2) is 0 Å². The highest BCUT2D eigenvalue weighted by Crippen LogP contribution is 2.34. The number of nitrogens with one attached hydrogen (secondary N) is 2. The van der Waals surface area contributed by atoms with Gasteiger partial charge in [-0.1, -0.05) is 24.3 Å². The van der Waals surface area contributed by atoms with Gasteiger partial charge in [0.2, 0.25) is 11.8 Å². The number of para-hydroxylation sites is 3. The number of alkyl halides is 3. The fourth-order valence-electron chi connectivity index (χ4n) is 3.47. The zero-order valence-corrected chi connectivity index (χ0v) is 17.5. The highest BCUT2D eigenvalue weighted by atomic mass is 19.4. The van der Waals surface area contributed by atoms with Crippen LogP contribution in [0.1, 0.15) is 5.56 Å². The summed E-state index contributed by atoms with van der Waals surface area (Å²) in [6, 6.07) is 10.6. The molecule has 1 saturated heterocycles. The Bertz CT molecular complexity index is 1020. The Morgan fingerprint density at radius 2 is 1.30 bits per heavy atom. The number of nitro groups is 1. The third-order valence-electron chi connectivity index (χ3n) is 5.08. The van der Waals surface area contributed by atoms with Gasteiger partial charge in [0, 0.05) is 32.2 Å². The monoisotopic (exact) mass is 465 g/mol. The molecule has 2 aromatic carbocycles. The minimum Gasteiger partial charge on any atom is -0.324 e. The van der Waals surface area contributed by atoms with Crippen molar-refractivity contribution in [2.45, 2.75) is 6.18 Å². The first-order valence-corrected chi connectivity index (χ1v) is 10.1. The molecular weight excluding hydrogens is 443 g/mol. The Morgan fingerprint density at radius 1 is 0.848 bits per heavy atom. The van der Waals surface area contributed by atoms with Gasteiger partial charge in [-0.05, 0) is 18.2 Å². The average Bonchev–Trinajstić information content (AvgIpc) is 2.75. The molecule has 12 heteroatoms. The van der Waals surface area contributed by atoms with E-state index in [0.717, 1.165) is 6.07 Å². The molecular formula is C21H22F3N5O4. The van der Waals surface area contributed by atoms with Crippen molar-refractivity contribution in [3.8, 4) is 0 Å². The van der Waals surface area contributed by atoms with Gasteiger partial charge in [0.05, 0.1) is 29.3 Å². The van der Waals surface area contributed by atoms with E-state index in [1.807, 2.05) is 4.90 Å². The third-order valence-corrected chi connectivity index (χ3v) is 5.08. The minimum absolute atomic E-state index is 0.0189. The van der Waals surface area contributed by atoms with Crippen molar-refractivity contribution in [3.05, 3.63) is 64.2 Å². The van der Waals surface area contributed by atoms with Crippen molar-refractivity contribution in [1.29, 1.82) is 0 Å². The van der Waals surface area contributed by atoms with Crippen LogP contribution in [0.25, 0.3) is 0 Å². The zero-order valence-electron chi connectivity index (χ0n) is 17.5. The Morgan fingerprint density at radius 3 is 1.82 bits per heavy atom. The second kappa shape index (κ2) is 10.4. The molecule has 2 amide bonds. The van der Waals surface area contributed by atoms with Crippen LogP contribution >= 0.6 is 0 Å². The summed E-state index contributed by atoms with van der Waals surface area (Å²) in [5.41, 5.74) is -1.29. The molecule has 33 heavy (non-hydrogen) atoms. The van der Waals surface area contributed by atoms with Crippen LogP contribution in [0.2, 0.25) is 0 Å². The Labute approximate surface area is 187 Å². The number of carbonyl (C=O) groups is 2. The number of benzene rings is 2. The van der Waals surface area contributed by atoms with Crippen molar-refractivity contribution in [1.82, 2.24) is 9.80 Å². The first-order valence-electron chi connectivity index (χ1n) is 10.1. The maximum Gasteiger partial charge on any atom is 0.418 e. The summed E-state index contributed by atoms with van der Waals surface area (Å²) in [6.07, 6.45) is -4.57. The van der Waals surface area contributed by atoms with Gasteiger partial charge in [0.1, 0.15) is 5.69 Å². The molecule has 1 heterocycles. The first-order chi connectivity index (χ1) is 15.6. The standard InChI is InChI=1S/C21H22F3N5O4/c22-21(23,24)15-5-1-2-6-16(15)25-19(30)13-27-9-11-28(12-10-27)14-20(31)26-17-7-3-4-8-18(17)29(32)33/h1-8H,9-14H2,(H,25,30)(H,26,31). The Hall–Kier alpha value is -3.51. The van der Waals surface area contributed by atoms with Crippen molar-refractivity contribution in [2.75, 3.05) is 49.9 Å². The number of nitrogens with zero attached hydrogens (tertiary/aromatic N) is 3. The quantitative estimate of drug-likeness (QED) is 0.481. The van der Waals surface area contributed by atoms with Crippen LogP contribution < -0.4 is 10.6 Å². The van der Waals surface area contributed by atoms with E-state index in [9.17, 15) is 32.9 Å². The number of amides is 2. The summed E-state index contributed by atoms with van der Waals surface area (Å²) in [6.45, 7) is 1.72. The maximum absolute atomic E-state index is 13.1. The molecule has 0 aromatic heterocycles. The lowest BCUT2D eigenvalue weighted by Crippen LogP contribution is -2.50. The number of anilines is 2. The Kier molecular flexibility index (Phi) is 7.61. The van der Waals surface area contributed by atoms with E-state index in [-0.39, 0.29) is 30.2 Å². The van der Waals surface area contributed by atoms with Crippen LogP contribution in [0.3, 0.4) is 0 Å². The first kappa shape index (κ1) is 24.1. The molecule has 0 aliphatic carbocycles. The van der Waals surface area contributed by atoms with Crippen LogP contribution in [-0.2, 0) is 15.8 Å². The molecule has 0 bridgehead atoms. The van der Waals surface area contributed by atoms with Gasteiger partial charge in [-0.15, -0.1) is 0 Å². The lowest BCUT2D eigenvalue weighted by Gasteiger charge is -2.33. The second-order valence-electron chi connectivity index (χ2n) is 7.47. The predicted octanol–water partition coefficient (Wildman–Crippen LogP) is 2.81. The normalized spacial score (nSPS) is 15.1. The van der Waals surface area contributed by atoms with Gasteiger partial charge >= 0.3 is 6.18 Å². The summed E-state index contributed by atoms with van der Waals surface area (Å²) >= 11 is 0. The molecule has 3 rings (SSSR count). The van der Waals surface area contributed by atoms with Crippen molar-refractivity contribution in [2.24, 2.45) is 0 Å². The molecule has 1 fully saturated rings. The Balaban J connectivity index is 1.46. The van der Waals surface area contributed by atoms with E-state index in [1.54, 1.807) is 11.0 Å². The van der Waals surface area contributed by atoms with Gasteiger partial charge in [-0.2, -0.15) is 13.2 Å². The van der Waals surface area contributed by atoms with Gasteiger partial charge in [0.25, 0.3) is 5.69 Å². The van der Waals surface area contributed by atoms with Crippen LogP contribution in [0.5, 0.6) is 0 Å². The van der Waals surface area contributed by atoms with Crippen LogP contribution in [-0.4, -0.2) is 65.8 Å². The maximum atomic E-state index is 13.1. The van der Waals surface area contributed by atoms with Gasteiger partial charge in [-0.3, -0.25) is 29.5 Å². The summed E-state index contributed by atoms with van der Waals surface area (Å²) in [4.78, 5) is 38.6. The smallest absolute Gasteiger partial charge is 0.324 e. The summed E-state index contributed by atoms with van der Waals surface area (Å²) < 4.78 is 39.2. The van der Waals surface area contributed by atoms with Crippen LogP contribution in [0, 0.1) is 10.1 Å². The molecule has 1 aliphatic heterocycles. The lowest BCUT2D eigenvalue weighted by molar-refractivity contribution is -0.383. The highest BCUT2D eigenvalue weighted by Gasteiger charge is 2.33. The minimum atomic E-state index is -4.57. The topological polar surface area (TPSA) is 108 Å². The summed E-state index contributed by atoms with van der Waals surface area (Å²) in [7, 11) is 0. The fraction of sp³-hybridized carbons (Fsp3) is 0.333. The molecule has 0 saturated carbocycles. The van der Waals surface area contributed by atoms with Crippen molar-refractivity contribution < 1.29 is 27.7 Å².